The van der Waals surface area contributed by atoms with Crippen molar-refractivity contribution in [3.05, 3.63) is 39.0 Å². The van der Waals surface area contributed by atoms with Gasteiger partial charge in [0.2, 0.25) is 5.95 Å². The molecule has 7 heteroatoms. The summed E-state index contributed by atoms with van der Waals surface area (Å²) >= 11 is 3.67. The highest BCUT2D eigenvalue weighted by Crippen LogP contribution is 2.30. The van der Waals surface area contributed by atoms with Crippen molar-refractivity contribution >= 4 is 61.6 Å². The fraction of sp³-hybridized carbons (Fsp3) is 0.143. The molecule has 4 nitrogen and oxygen atoms in total. The maximum absolute atomic E-state index is 13.2. The number of hydrogen-bond donors (Lipinski definition) is 2. The molecule has 3 rings (SSSR count). The highest BCUT2D eigenvalue weighted by atomic mass is 127. The van der Waals surface area contributed by atoms with E-state index >= 15 is 0 Å². The van der Waals surface area contributed by atoms with E-state index in [1.807, 2.05) is 18.4 Å². The fourth-order valence-electron chi connectivity index (χ4n) is 1.91. The van der Waals surface area contributed by atoms with Gasteiger partial charge in [-0.15, -0.1) is 11.3 Å². The van der Waals surface area contributed by atoms with Crippen LogP contribution in [0.25, 0.3) is 10.2 Å². The van der Waals surface area contributed by atoms with Crippen LogP contribution in [0.5, 0.6) is 0 Å². The van der Waals surface area contributed by atoms with E-state index < -0.39 is 0 Å². The SMILES string of the molecule is CCNc1nc(Nc2ccc(F)cc2I)c2ccsc2n1. The van der Waals surface area contributed by atoms with Gasteiger partial charge >= 0.3 is 0 Å². The number of aromatic nitrogens is 2. The summed E-state index contributed by atoms with van der Waals surface area (Å²) in [5.41, 5.74) is 0.825. The Balaban J connectivity index is 2.04. The Bertz CT molecular complexity index is 790. The molecule has 0 amide bonds. The first-order valence-electron chi connectivity index (χ1n) is 6.38. The third-order valence-electron chi connectivity index (χ3n) is 2.84. The Morgan fingerprint density at radius 1 is 1.29 bits per heavy atom. The van der Waals surface area contributed by atoms with Crippen molar-refractivity contribution < 1.29 is 4.39 Å². The van der Waals surface area contributed by atoms with Crippen LogP contribution in [0.1, 0.15) is 6.92 Å². The summed E-state index contributed by atoms with van der Waals surface area (Å²) in [5, 5.41) is 9.33. The van der Waals surface area contributed by atoms with Crippen LogP contribution in [0, 0.1) is 9.39 Å². The minimum absolute atomic E-state index is 0.248. The molecule has 0 fully saturated rings. The molecule has 0 unspecified atom stereocenters. The summed E-state index contributed by atoms with van der Waals surface area (Å²) in [5.74, 6) is 1.07. The van der Waals surface area contributed by atoms with E-state index in [2.05, 4.69) is 43.2 Å². The molecule has 2 heterocycles. The van der Waals surface area contributed by atoms with E-state index in [0.717, 1.165) is 31.8 Å². The van der Waals surface area contributed by atoms with Gasteiger partial charge < -0.3 is 10.6 Å². The Morgan fingerprint density at radius 2 is 2.14 bits per heavy atom. The second-order valence-corrected chi connectivity index (χ2v) is 6.37. The number of hydrogen-bond acceptors (Lipinski definition) is 5. The molecule has 3 aromatic rings. The Hall–Kier alpha value is -1.48. The molecule has 0 aliphatic carbocycles. The lowest BCUT2D eigenvalue weighted by molar-refractivity contribution is 0.627. The molecule has 21 heavy (non-hydrogen) atoms. The van der Waals surface area contributed by atoms with Crippen molar-refractivity contribution in [1.82, 2.24) is 9.97 Å². The minimum atomic E-state index is -0.248. The van der Waals surface area contributed by atoms with Crippen molar-refractivity contribution in [1.29, 1.82) is 0 Å². The third-order valence-corrected chi connectivity index (χ3v) is 4.54. The van der Waals surface area contributed by atoms with Crippen LogP contribution in [0.4, 0.5) is 21.8 Å². The highest BCUT2D eigenvalue weighted by molar-refractivity contribution is 14.1. The van der Waals surface area contributed by atoms with Gasteiger partial charge in [-0.2, -0.15) is 4.98 Å². The number of nitrogens with zero attached hydrogens (tertiary/aromatic N) is 2. The van der Waals surface area contributed by atoms with E-state index in [0.29, 0.717) is 5.95 Å². The molecular weight excluding hydrogens is 402 g/mol. The summed E-state index contributed by atoms with van der Waals surface area (Å²) in [4.78, 5) is 9.87. The molecule has 0 bridgehead atoms. The summed E-state index contributed by atoms with van der Waals surface area (Å²) in [6.45, 7) is 2.75. The second kappa shape index (κ2) is 6.10. The lowest BCUT2D eigenvalue weighted by Crippen LogP contribution is -2.04. The predicted molar refractivity (Wildman–Crippen MR) is 94.0 cm³/mol. The molecule has 0 spiro atoms. The quantitative estimate of drug-likeness (QED) is 0.613. The Morgan fingerprint density at radius 3 is 2.90 bits per heavy atom. The second-order valence-electron chi connectivity index (χ2n) is 4.31. The van der Waals surface area contributed by atoms with Crippen molar-refractivity contribution in [3.63, 3.8) is 0 Å². The lowest BCUT2D eigenvalue weighted by Gasteiger charge is -2.10. The average molecular weight is 414 g/mol. The molecule has 1 aromatic carbocycles. The molecule has 0 aliphatic heterocycles. The van der Waals surface area contributed by atoms with Gasteiger partial charge in [0.1, 0.15) is 16.5 Å². The van der Waals surface area contributed by atoms with E-state index in [1.165, 1.54) is 12.1 Å². The van der Waals surface area contributed by atoms with Gasteiger partial charge in [0, 0.05) is 10.1 Å². The first-order valence-corrected chi connectivity index (χ1v) is 8.34. The summed E-state index contributed by atoms with van der Waals surface area (Å²) in [6.07, 6.45) is 0. The van der Waals surface area contributed by atoms with Crippen molar-refractivity contribution in [2.24, 2.45) is 0 Å². The standard InChI is InChI=1S/C14H12FIN4S/c1-2-17-14-19-12(9-5-6-21-13(9)20-14)18-11-4-3-8(15)7-10(11)16/h3-7H,2H2,1H3,(H2,17,18,19,20). The molecule has 108 valence electrons. The molecule has 2 N–H and O–H groups in total. The van der Waals surface area contributed by atoms with Gasteiger partial charge in [0.25, 0.3) is 0 Å². The largest absolute Gasteiger partial charge is 0.354 e. The first-order chi connectivity index (χ1) is 10.2. The van der Waals surface area contributed by atoms with Crippen molar-refractivity contribution in [3.8, 4) is 0 Å². The lowest BCUT2D eigenvalue weighted by atomic mass is 10.3. The summed E-state index contributed by atoms with van der Waals surface area (Å²) in [7, 11) is 0. The molecule has 0 radical (unpaired) electrons. The smallest absolute Gasteiger partial charge is 0.226 e. The number of rotatable bonds is 4. The molecule has 0 aliphatic rings. The number of halogens is 2. The average Bonchev–Trinajstić information content (AvgIpc) is 2.91. The fourth-order valence-corrected chi connectivity index (χ4v) is 3.28. The van der Waals surface area contributed by atoms with Crippen LogP contribution in [0.2, 0.25) is 0 Å². The molecule has 0 atom stereocenters. The van der Waals surface area contributed by atoms with Gasteiger partial charge in [-0.1, -0.05) is 0 Å². The minimum Gasteiger partial charge on any atom is -0.354 e. The molecule has 2 aromatic heterocycles. The number of anilines is 3. The zero-order valence-electron chi connectivity index (χ0n) is 11.2. The van der Waals surface area contributed by atoms with Crippen molar-refractivity contribution in [2.75, 3.05) is 17.2 Å². The number of fused-ring (bicyclic) bond motifs is 1. The Labute approximate surface area is 139 Å². The van der Waals surface area contributed by atoms with Crippen LogP contribution >= 0.6 is 33.9 Å². The van der Waals surface area contributed by atoms with Crippen LogP contribution in [0.3, 0.4) is 0 Å². The summed E-state index contributed by atoms with van der Waals surface area (Å²) < 4.78 is 14.0. The van der Waals surface area contributed by atoms with Crippen LogP contribution in [-0.4, -0.2) is 16.5 Å². The van der Waals surface area contributed by atoms with Gasteiger partial charge in [-0.05, 0) is 59.2 Å². The number of nitrogens with one attached hydrogen (secondary N) is 2. The topological polar surface area (TPSA) is 49.8 Å². The normalized spacial score (nSPS) is 10.8. The third kappa shape index (κ3) is 3.08. The first kappa shape index (κ1) is 14.5. The van der Waals surface area contributed by atoms with Crippen LogP contribution in [0.15, 0.2) is 29.6 Å². The van der Waals surface area contributed by atoms with Gasteiger partial charge in [0.15, 0.2) is 0 Å². The number of benzene rings is 1. The maximum atomic E-state index is 13.2. The number of thiophene rings is 1. The monoisotopic (exact) mass is 414 g/mol. The van der Waals surface area contributed by atoms with Gasteiger partial charge in [-0.25, -0.2) is 9.37 Å². The van der Waals surface area contributed by atoms with E-state index in [1.54, 1.807) is 17.4 Å². The predicted octanol–water partition coefficient (Wildman–Crippen LogP) is 4.61. The van der Waals surface area contributed by atoms with E-state index in [-0.39, 0.29) is 5.82 Å². The van der Waals surface area contributed by atoms with E-state index in [4.69, 9.17) is 0 Å². The zero-order valence-corrected chi connectivity index (χ0v) is 14.1. The van der Waals surface area contributed by atoms with Crippen molar-refractivity contribution in [2.45, 2.75) is 6.92 Å². The summed E-state index contributed by atoms with van der Waals surface area (Å²) in [6, 6.07) is 6.61. The zero-order chi connectivity index (χ0) is 14.8. The van der Waals surface area contributed by atoms with Gasteiger partial charge in [0.05, 0.1) is 11.1 Å². The van der Waals surface area contributed by atoms with Crippen LogP contribution in [-0.2, 0) is 0 Å². The molecule has 0 saturated heterocycles. The maximum Gasteiger partial charge on any atom is 0.226 e. The molecular formula is C14H12FIN4S. The van der Waals surface area contributed by atoms with E-state index in [9.17, 15) is 4.39 Å². The molecule has 0 saturated carbocycles. The Kier molecular flexibility index (Phi) is 4.20. The van der Waals surface area contributed by atoms with Gasteiger partial charge in [-0.3, -0.25) is 0 Å². The highest BCUT2D eigenvalue weighted by Gasteiger charge is 2.10. The van der Waals surface area contributed by atoms with Crippen LogP contribution < -0.4 is 10.6 Å².